The van der Waals surface area contributed by atoms with Gasteiger partial charge in [-0.3, -0.25) is 9.05 Å². The highest BCUT2D eigenvalue weighted by molar-refractivity contribution is 7.32. The zero-order valence-electron chi connectivity index (χ0n) is 45.6. The summed E-state index contributed by atoms with van der Waals surface area (Å²) in [4.78, 5) is 0. The molecule has 0 spiro atoms. The quantitative estimate of drug-likeness (QED) is 0.171. The van der Waals surface area contributed by atoms with Crippen molar-refractivity contribution in [3.8, 4) is 0 Å². The fourth-order valence-corrected chi connectivity index (χ4v) is 14.1. The fraction of sp³-hybridized carbons (Fsp3) is 0.600. The van der Waals surface area contributed by atoms with Gasteiger partial charge in [-0.2, -0.15) is 0 Å². The molecular formula is C60H84O6P2. The maximum Gasteiger partial charge on any atom is 0.387 e. The highest BCUT2D eigenvalue weighted by Crippen LogP contribution is 2.51. The van der Waals surface area contributed by atoms with Crippen LogP contribution in [0, 0.1) is 67.2 Å². The van der Waals surface area contributed by atoms with E-state index in [0.717, 1.165) is 82.4 Å². The maximum absolute atomic E-state index is 7.48. The molecule has 2 aliphatic carbocycles. The molecule has 2 aromatic heterocycles. The molecule has 2 heterocycles. The highest BCUT2D eigenvalue weighted by atomic mass is 31.1. The van der Waals surface area contributed by atoms with Gasteiger partial charge in [-0.25, -0.2) is 0 Å². The van der Waals surface area contributed by atoms with Crippen LogP contribution in [0.3, 0.4) is 0 Å². The van der Waals surface area contributed by atoms with Gasteiger partial charge in [0.1, 0.15) is 22.3 Å². The lowest BCUT2D eigenvalue weighted by Gasteiger charge is -2.41. The lowest BCUT2D eigenvalue weighted by Crippen LogP contribution is -2.43. The van der Waals surface area contributed by atoms with E-state index < -0.39 is 16.5 Å². The van der Waals surface area contributed by atoms with Gasteiger partial charge in [-0.05, 0) is 159 Å². The lowest BCUT2D eigenvalue weighted by atomic mass is 9.70. The minimum atomic E-state index is -1.83. The summed E-state index contributed by atoms with van der Waals surface area (Å²) in [5.41, 5.74) is 17.7. The smallest absolute Gasteiger partial charge is 0.387 e. The number of benzene rings is 4. The van der Waals surface area contributed by atoms with E-state index in [0.29, 0.717) is 0 Å². The molecule has 8 rings (SSSR count). The average Bonchev–Trinajstić information content (AvgIpc) is 3.51. The molecule has 0 radical (unpaired) electrons. The molecule has 0 bridgehead atoms. The average molecular weight is 963 g/mol. The molecule has 2 saturated carbocycles. The molecule has 4 aromatic carbocycles. The van der Waals surface area contributed by atoms with Crippen LogP contribution in [0.4, 0.5) is 0 Å². The molecular weight excluding hydrogens is 879 g/mol. The van der Waals surface area contributed by atoms with Gasteiger partial charge in [0.15, 0.2) is 0 Å². The van der Waals surface area contributed by atoms with Crippen molar-refractivity contribution < 1.29 is 25.8 Å². The van der Waals surface area contributed by atoms with Gasteiger partial charge in [0, 0.05) is 43.8 Å². The molecule has 6 aromatic rings. The lowest BCUT2D eigenvalue weighted by molar-refractivity contribution is 0.0152. The van der Waals surface area contributed by atoms with Crippen LogP contribution in [0.5, 0.6) is 0 Å². The molecule has 2 aliphatic rings. The third-order valence-electron chi connectivity index (χ3n) is 16.1. The van der Waals surface area contributed by atoms with E-state index >= 15 is 0 Å². The number of rotatable bonds is 5. The number of hydrogen-bond acceptors (Lipinski definition) is 6. The SMILES string of the molecule is Cc1cc(C(C)(C)C)c2op(OC3CCCCC3C3CCCCC3Op3oc4c(C(C)(C)C)cc(C)c(C)c4c4c(C)c(C)cc(C(C)(C)C)c4o3)oc3c(C(C)(C)C)cc(C)c(C)c3c2c1C. The molecule has 2 fully saturated rings. The summed E-state index contributed by atoms with van der Waals surface area (Å²) in [5, 5.41) is 4.61. The van der Waals surface area contributed by atoms with Gasteiger partial charge in [0.05, 0.1) is 12.2 Å². The van der Waals surface area contributed by atoms with Crippen molar-refractivity contribution >= 4 is 60.4 Å². The Labute approximate surface area is 411 Å². The predicted octanol–water partition coefficient (Wildman–Crippen LogP) is 19.2. The van der Waals surface area contributed by atoms with Crippen LogP contribution in [0.1, 0.15) is 201 Å². The van der Waals surface area contributed by atoms with Crippen molar-refractivity contribution in [2.75, 3.05) is 0 Å². The van der Waals surface area contributed by atoms with E-state index in [9.17, 15) is 0 Å². The molecule has 4 atom stereocenters. The Kier molecular flexibility index (Phi) is 13.7. The second-order valence-electron chi connectivity index (χ2n) is 25.3. The summed E-state index contributed by atoms with van der Waals surface area (Å²) in [6, 6.07) is 9.36. The topological polar surface area (TPSA) is 71.0 Å². The summed E-state index contributed by atoms with van der Waals surface area (Å²) in [6.07, 6.45) is 8.53. The Balaban J connectivity index is 1.31. The number of hydrogen-bond donors (Lipinski definition) is 0. The largest absolute Gasteiger partial charge is 0.399 e. The molecule has 0 N–H and O–H groups in total. The van der Waals surface area contributed by atoms with Crippen LogP contribution in [0.2, 0.25) is 0 Å². The van der Waals surface area contributed by atoms with Gasteiger partial charge in [0.2, 0.25) is 0 Å². The van der Waals surface area contributed by atoms with Gasteiger partial charge in [0.25, 0.3) is 0 Å². The van der Waals surface area contributed by atoms with E-state index in [1.54, 1.807) is 0 Å². The van der Waals surface area contributed by atoms with Crippen molar-refractivity contribution in [3.05, 3.63) is 91.0 Å². The molecule has 6 nitrogen and oxygen atoms in total. The molecule has 8 heteroatoms. The van der Waals surface area contributed by atoms with Gasteiger partial charge in [-0.15, -0.1) is 0 Å². The van der Waals surface area contributed by atoms with E-state index in [-0.39, 0.29) is 45.7 Å². The van der Waals surface area contributed by atoms with Gasteiger partial charge < -0.3 is 16.8 Å². The summed E-state index contributed by atoms with van der Waals surface area (Å²) in [5.74, 6) is 0.530. The standard InChI is InChI=1S/C60H84O6P2/c1-33-29-43(57(9,10)11)53-49(37(33)5)50-38(6)34(2)30-44(58(12,13)14)54(50)64-67(63-53)61-47-27-23-21-25-41(47)42-26-22-24-28-48(42)62-68-65-55-45(59(15,16)17)31-35(3)39(7)51(55)52-40(8)36(4)32-46(56(52)66-68)60(18,19)20/h29-32,41-42,47-48H,21-28H2,1-20H3. The second-order valence-corrected chi connectivity index (χ2v) is 27.3. The highest BCUT2D eigenvalue weighted by Gasteiger charge is 2.41. The van der Waals surface area contributed by atoms with Crippen molar-refractivity contribution in [2.45, 2.75) is 224 Å². The second kappa shape index (κ2) is 18.3. The van der Waals surface area contributed by atoms with Crippen molar-refractivity contribution in [3.63, 3.8) is 0 Å². The van der Waals surface area contributed by atoms with Crippen molar-refractivity contribution in [1.29, 1.82) is 0 Å². The van der Waals surface area contributed by atoms with Gasteiger partial charge >= 0.3 is 16.5 Å². The Morgan fingerprint density at radius 3 is 0.809 bits per heavy atom. The Bertz CT molecular complexity index is 2630. The van der Waals surface area contributed by atoms with E-state index in [1.807, 2.05) is 0 Å². The first kappa shape index (κ1) is 51.0. The Morgan fingerprint density at radius 2 is 0.588 bits per heavy atom. The van der Waals surface area contributed by atoms with Crippen molar-refractivity contribution in [2.24, 2.45) is 11.8 Å². The molecule has 4 unspecified atom stereocenters. The molecule has 0 amide bonds. The fourth-order valence-electron chi connectivity index (χ4n) is 11.5. The maximum atomic E-state index is 7.48. The first-order valence-electron chi connectivity index (χ1n) is 25.8. The first-order chi connectivity index (χ1) is 31.6. The third kappa shape index (κ3) is 9.44. The molecule has 370 valence electrons. The Morgan fingerprint density at radius 1 is 0.368 bits per heavy atom. The van der Waals surface area contributed by atoms with E-state index in [2.05, 4.69) is 163 Å². The molecule has 68 heavy (non-hydrogen) atoms. The van der Waals surface area contributed by atoms with Crippen molar-refractivity contribution in [1.82, 2.24) is 0 Å². The van der Waals surface area contributed by atoms with Crippen LogP contribution < -0.4 is 9.05 Å². The van der Waals surface area contributed by atoms with Crippen LogP contribution in [-0.4, -0.2) is 12.2 Å². The summed E-state index contributed by atoms with van der Waals surface area (Å²) >= 11 is 0. The van der Waals surface area contributed by atoms with E-state index in [1.165, 1.54) is 79.6 Å². The zero-order chi connectivity index (χ0) is 49.7. The normalized spacial score (nSPS) is 20.0. The zero-order valence-corrected chi connectivity index (χ0v) is 47.4. The Hall–Kier alpha value is -3.40. The molecule has 0 saturated heterocycles. The summed E-state index contributed by atoms with van der Waals surface area (Å²) in [6.45, 7) is 45.4. The monoisotopic (exact) mass is 963 g/mol. The number of fused-ring (bicyclic) bond motifs is 6. The minimum Gasteiger partial charge on any atom is -0.399 e. The summed E-state index contributed by atoms with van der Waals surface area (Å²) < 4.78 is 44.3. The van der Waals surface area contributed by atoms with Gasteiger partial charge in [-0.1, -0.05) is 133 Å². The third-order valence-corrected chi connectivity index (χ3v) is 18.3. The number of aryl methyl sites for hydroxylation is 8. The van der Waals surface area contributed by atoms with Crippen LogP contribution >= 0.6 is 16.5 Å². The first-order valence-corrected chi connectivity index (χ1v) is 28.0. The van der Waals surface area contributed by atoms with Crippen LogP contribution in [0.15, 0.2) is 41.1 Å². The van der Waals surface area contributed by atoms with E-state index in [4.69, 9.17) is 25.8 Å². The van der Waals surface area contributed by atoms with Crippen LogP contribution in [-0.2, 0) is 21.7 Å². The predicted molar refractivity (Wildman–Crippen MR) is 290 cm³/mol. The summed E-state index contributed by atoms with van der Waals surface area (Å²) in [7, 11) is -3.67. The molecule has 0 aliphatic heterocycles. The minimum absolute atomic E-state index is 0.0511. The van der Waals surface area contributed by atoms with Crippen LogP contribution in [0.25, 0.3) is 43.9 Å².